The summed E-state index contributed by atoms with van der Waals surface area (Å²) in [4.78, 5) is 2.13. The second-order valence-corrected chi connectivity index (χ2v) is 5.82. The number of hydrogen-bond donors (Lipinski definition) is 1. The molecule has 3 rings (SSSR count). The summed E-state index contributed by atoms with van der Waals surface area (Å²) in [6.45, 7) is 3.70. The zero-order valence-electron chi connectivity index (χ0n) is 12.5. The van der Waals surface area contributed by atoms with E-state index in [4.69, 9.17) is 9.47 Å². The average Bonchev–Trinajstić information content (AvgIpc) is 2.82. The van der Waals surface area contributed by atoms with Gasteiger partial charge in [-0.25, -0.2) is 4.39 Å². The highest BCUT2D eigenvalue weighted by atomic mass is 19.1. The fourth-order valence-corrected chi connectivity index (χ4v) is 3.14. The maximum Gasteiger partial charge on any atom is 0.146 e. The maximum absolute atomic E-state index is 14.3. The standard InChI is InChI=1S/C16H23FN2O2/c1-20-7-6-18-9-12-2-5-16(15(17)8-12)19-10-13-3-4-14(11-19)21-13/h2,5,8,13-14,18H,3-4,6-7,9-11H2,1H3. The molecule has 4 nitrogen and oxygen atoms in total. The van der Waals surface area contributed by atoms with Gasteiger partial charge in [0.05, 0.1) is 24.5 Å². The Hall–Kier alpha value is -1.17. The van der Waals surface area contributed by atoms with Crippen LogP contribution in [-0.4, -0.2) is 45.6 Å². The van der Waals surface area contributed by atoms with Crippen LogP contribution in [0.1, 0.15) is 18.4 Å². The molecule has 2 atom stereocenters. The van der Waals surface area contributed by atoms with E-state index < -0.39 is 0 Å². The molecule has 2 fully saturated rings. The Balaban J connectivity index is 1.61. The van der Waals surface area contributed by atoms with Crippen LogP contribution >= 0.6 is 0 Å². The molecule has 0 aliphatic carbocycles. The minimum atomic E-state index is -0.137. The lowest BCUT2D eigenvalue weighted by atomic mass is 10.1. The first-order valence-corrected chi connectivity index (χ1v) is 7.65. The highest BCUT2D eigenvalue weighted by Gasteiger charge is 2.34. The van der Waals surface area contributed by atoms with Crippen molar-refractivity contribution in [2.75, 3.05) is 38.3 Å². The van der Waals surface area contributed by atoms with E-state index in [9.17, 15) is 4.39 Å². The fourth-order valence-electron chi connectivity index (χ4n) is 3.14. The number of hydrogen-bond acceptors (Lipinski definition) is 4. The van der Waals surface area contributed by atoms with Gasteiger partial charge in [-0.1, -0.05) is 6.07 Å². The highest BCUT2D eigenvalue weighted by molar-refractivity contribution is 5.50. The number of halogens is 1. The first-order valence-electron chi connectivity index (χ1n) is 7.65. The molecular weight excluding hydrogens is 271 g/mol. The van der Waals surface area contributed by atoms with Crippen molar-refractivity contribution in [2.24, 2.45) is 0 Å². The molecule has 0 amide bonds. The van der Waals surface area contributed by atoms with Gasteiger partial charge in [0.25, 0.3) is 0 Å². The van der Waals surface area contributed by atoms with Crippen molar-refractivity contribution in [3.05, 3.63) is 29.6 Å². The lowest BCUT2D eigenvalue weighted by molar-refractivity contribution is 0.0303. The number of rotatable bonds is 6. The number of fused-ring (bicyclic) bond motifs is 2. The molecule has 2 saturated heterocycles. The van der Waals surface area contributed by atoms with Crippen LogP contribution in [0.15, 0.2) is 18.2 Å². The molecule has 116 valence electrons. The lowest BCUT2D eigenvalue weighted by Crippen LogP contribution is -2.43. The topological polar surface area (TPSA) is 33.7 Å². The number of nitrogens with one attached hydrogen (secondary N) is 1. The highest BCUT2D eigenvalue weighted by Crippen LogP contribution is 2.31. The Morgan fingerprint density at radius 2 is 2.10 bits per heavy atom. The van der Waals surface area contributed by atoms with E-state index >= 15 is 0 Å². The van der Waals surface area contributed by atoms with Crippen LogP contribution in [0.2, 0.25) is 0 Å². The molecular formula is C16H23FN2O2. The molecule has 2 aliphatic heterocycles. The van der Waals surface area contributed by atoms with Gasteiger partial charge in [-0.2, -0.15) is 0 Å². The summed E-state index contributed by atoms with van der Waals surface area (Å²) in [6.07, 6.45) is 2.76. The lowest BCUT2D eigenvalue weighted by Gasteiger charge is -2.34. The zero-order chi connectivity index (χ0) is 14.7. The predicted octanol–water partition coefficient (Wildman–Crippen LogP) is 1.93. The Morgan fingerprint density at radius 3 is 2.76 bits per heavy atom. The number of ether oxygens (including phenoxy) is 2. The smallest absolute Gasteiger partial charge is 0.146 e. The first-order chi connectivity index (χ1) is 10.3. The van der Waals surface area contributed by atoms with E-state index in [1.165, 1.54) is 0 Å². The Bertz CT molecular complexity index is 471. The van der Waals surface area contributed by atoms with Crippen molar-refractivity contribution < 1.29 is 13.9 Å². The molecule has 2 unspecified atom stereocenters. The molecule has 5 heteroatoms. The third kappa shape index (κ3) is 3.54. The van der Waals surface area contributed by atoms with Gasteiger partial charge in [0.2, 0.25) is 0 Å². The number of morpholine rings is 1. The van der Waals surface area contributed by atoms with Crippen LogP contribution in [0.25, 0.3) is 0 Å². The molecule has 0 saturated carbocycles. The minimum absolute atomic E-state index is 0.137. The van der Waals surface area contributed by atoms with Gasteiger partial charge in [0, 0.05) is 33.3 Å². The fraction of sp³-hybridized carbons (Fsp3) is 0.625. The van der Waals surface area contributed by atoms with Gasteiger partial charge in [-0.05, 0) is 30.5 Å². The molecule has 0 radical (unpaired) electrons. The Morgan fingerprint density at radius 1 is 1.33 bits per heavy atom. The van der Waals surface area contributed by atoms with Gasteiger partial charge in [0.15, 0.2) is 0 Å². The molecule has 0 aromatic heterocycles. The summed E-state index contributed by atoms with van der Waals surface area (Å²) in [5, 5.41) is 3.23. The molecule has 2 bridgehead atoms. The van der Waals surface area contributed by atoms with E-state index in [-0.39, 0.29) is 18.0 Å². The van der Waals surface area contributed by atoms with Gasteiger partial charge in [-0.15, -0.1) is 0 Å². The van der Waals surface area contributed by atoms with Crippen LogP contribution in [-0.2, 0) is 16.0 Å². The minimum Gasteiger partial charge on any atom is -0.383 e. The molecule has 21 heavy (non-hydrogen) atoms. The van der Waals surface area contributed by atoms with Gasteiger partial charge < -0.3 is 19.7 Å². The predicted molar refractivity (Wildman–Crippen MR) is 80.1 cm³/mol. The van der Waals surface area contributed by atoms with Crippen LogP contribution < -0.4 is 10.2 Å². The molecule has 1 N–H and O–H groups in total. The molecule has 0 spiro atoms. The summed E-state index contributed by atoms with van der Waals surface area (Å²) in [7, 11) is 1.67. The van der Waals surface area contributed by atoms with Gasteiger partial charge in [0.1, 0.15) is 5.82 Å². The van der Waals surface area contributed by atoms with Crippen molar-refractivity contribution >= 4 is 5.69 Å². The zero-order valence-corrected chi connectivity index (χ0v) is 12.5. The molecule has 1 aromatic carbocycles. The second kappa shape index (κ2) is 6.73. The van der Waals surface area contributed by atoms with Crippen molar-refractivity contribution in [1.29, 1.82) is 0 Å². The van der Waals surface area contributed by atoms with Crippen LogP contribution in [0.4, 0.5) is 10.1 Å². The third-order valence-corrected chi connectivity index (χ3v) is 4.21. The number of anilines is 1. The Labute approximate surface area is 125 Å². The number of benzene rings is 1. The SMILES string of the molecule is COCCNCc1ccc(N2CC3CCC(C2)O3)c(F)c1. The van der Waals surface area contributed by atoms with E-state index in [1.807, 2.05) is 12.1 Å². The summed E-state index contributed by atoms with van der Waals surface area (Å²) in [5.74, 6) is -0.137. The van der Waals surface area contributed by atoms with Crippen molar-refractivity contribution in [3.63, 3.8) is 0 Å². The molecule has 2 heterocycles. The van der Waals surface area contributed by atoms with Crippen LogP contribution in [0.5, 0.6) is 0 Å². The van der Waals surface area contributed by atoms with Crippen molar-refractivity contribution in [1.82, 2.24) is 5.32 Å². The summed E-state index contributed by atoms with van der Waals surface area (Å²) < 4.78 is 25.1. The van der Waals surface area contributed by atoms with E-state index in [0.29, 0.717) is 18.8 Å². The van der Waals surface area contributed by atoms with Gasteiger partial charge >= 0.3 is 0 Å². The van der Waals surface area contributed by atoms with Crippen molar-refractivity contribution in [2.45, 2.75) is 31.6 Å². The van der Waals surface area contributed by atoms with E-state index in [0.717, 1.165) is 38.0 Å². The summed E-state index contributed by atoms with van der Waals surface area (Å²) in [5.41, 5.74) is 1.67. The van der Waals surface area contributed by atoms with E-state index in [1.54, 1.807) is 13.2 Å². The van der Waals surface area contributed by atoms with Crippen LogP contribution in [0.3, 0.4) is 0 Å². The van der Waals surface area contributed by atoms with Crippen molar-refractivity contribution in [3.8, 4) is 0 Å². The average molecular weight is 294 g/mol. The van der Waals surface area contributed by atoms with E-state index in [2.05, 4.69) is 10.2 Å². The largest absolute Gasteiger partial charge is 0.383 e. The molecule has 2 aliphatic rings. The summed E-state index contributed by atoms with van der Waals surface area (Å²) in [6, 6.07) is 5.52. The third-order valence-electron chi connectivity index (χ3n) is 4.21. The molecule has 1 aromatic rings. The van der Waals surface area contributed by atoms with Gasteiger partial charge in [-0.3, -0.25) is 0 Å². The normalized spacial score (nSPS) is 24.6. The quantitative estimate of drug-likeness (QED) is 0.813. The second-order valence-electron chi connectivity index (χ2n) is 5.82. The Kier molecular flexibility index (Phi) is 4.73. The number of nitrogens with zero attached hydrogens (tertiary/aromatic N) is 1. The monoisotopic (exact) mass is 294 g/mol. The summed E-state index contributed by atoms with van der Waals surface area (Å²) >= 11 is 0. The maximum atomic E-state index is 14.3. The first kappa shape index (κ1) is 14.8. The number of methoxy groups -OCH3 is 1. The van der Waals surface area contributed by atoms with Crippen LogP contribution in [0, 0.1) is 5.82 Å².